The van der Waals surface area contributed by atoms with Crippen molar-refractivity contribution in [3.63, 3.8) is 0 Å². The quantitative estimate of drug-likeness (QED) is 0.858. The van der Waals surface area contributed by atoms with E-state index in [0.29, 0.717) is 12.3 Å². The molecule has 0 unspecified atom stereocenters. The zero-order chi connectivity index (χ0) is 18.4. The van der Waals surface area contributed by atoms with Crippen molar-refractivity contribution in [3.8, 4) is 5.75 Å². The Labute approximate surface area is 150 Å². The minimum absolute atomic E-state index is 0.0453. The van der Waals surface area contributed by atoms with Gasteiger partial charge in [0.05, 0.1) is 12.2 Å². The van der Waals surface area contributed by atoms with E-state index in [-0.39, 0.29) is 16.9 Å². The lowest BCUT2D eigenvalue weighted by Crippen LogP contribution is -2.29. The molecule has 1 aliphatic rings. The standard InChI is InChI=1S/C19H21FN2O4/c20-15-6-2-3-7-16(15)21-19(24)13-26-18-12-25-14(10-17(18)23)11-22-8-4-1-5-9-22/h2-3,6-7,10,12H,1,4-5,8-9,11,13H2,(H,21,24). The maximum Gasteiger partial charge on any atom is 0.262 e. The second kappa shape index (κ2) is 8.62. The lowest BCUT2D eigenvalue weighted by atomic mass is 10.1. The van der Waals surface area contributed by atoms with Crippen molar-refractivity contribution in [2.75, 3.05) is 25.0 Å². The maximum absolute atomic E-state index is 13.5. The molecular weight excluding hydrogens is 339 g/mol. The van der Waals surface area contributed by atoms with E-state index in [1.165, 1.54) is 36.9 Å². The first-order chi connectivity index (χ1) is 12.6. The summed E-state index contributed by atoms with van der Waals surface area (Å²) in [4.78, 5) is 26.2. The molecule has 0 radical (unpaired) electrons. The van der Waals surface area contributed by atoms with Crippen LogP contribution in [0.2, 0.25) is 0 Å². The number of likely N-dealkylation sites (tertiary alicyclic amines) is 1. The molecule has 1 aliphatic heterocycles. The van der Waals surface area contributed by atoms with Gasteiger partial charge in [-0.2, -0.15) is 0 Å². The van der Waals surface area contributed by atoms with E-state index in [0.717, 1.165) is 25.9 Å². The molecule has 0 aliphatic carbocycles. The molecule has 26 heavy (non-hydrogen) atoms. The van der Waals surface area contributed by atoms with E-state index in [1.54, 1.807) is 6.07 Å². The molecule has 1 aromatic heterocycles. The van der Waals surface area contributed by atoms with E-state index in [1.807, 2.05) is 0 Å². The molecule has 3 rings (SSSR count). The van der Waals surface area contributed by atoms with Gasteiger partial charge < -0.3 is 14.5 Å². The Morgan fingerprint density at radius 1 is 1.23 bits per heavy atom. The number of carbonyl (C=O) groups excluding carboxylic acids is 1. The van der Waals surface area contributed by atoms with Crippen LogP contribution in [0.3, 0.4) is 0 Å². The summed E-state index contributed by atoms with van der Waals surface area (Å²) in [5.74, 6) is -0.578. The number of hydrogen-bond donors (Lipinski definition) is 1. The Bertz CT molecular complexity index is 815. The van der Waals surface area contributed by atoms with Gasteiger partial charge in [-0.25, -0.2) is 4.39 Å². The minimum atomic E-state index is -0.563. The highest BCUT2D eigenvalue weighted by Crippen LogP contribution is 2.14. The predicted molar refractivity (Wildman–Crippen MR) is 94.6 cm³/mol. The highest BCUT2D eigenvalue weighted by molar-refractivity contribution is 5.91. The van der Waals surface area contributed by atoms with E-state index in [4.69, 9.17) is 9.15 Å². The average Bonchev–Trinajstić information content (AvgIpc) is 2.64. The number of rotatable bonds is 6. The first kappa shape index (κ1) is 18.1. The summed E-state index contributed by atoms with van der Waals surface area (Å²) in [6.45, 7) is 2.17. The van der Waals surface area contributed by atoms with Gasteiger partial charge >= 0.3 is 0 Å². The number of anilines is 1. The van der Waals surface area contributed by atoms with Crippen LogP contribution in [-0.4, -0.2) is 30.5 Å². The zero-order valence-electron chi connectivity index (χ0n) is 14.4. The Kier molecular flexibility index (Phi) is 6.01. The van der Waals surface area contributed by atoms with E-state index >= 15 is 0 Å². The first-order valence-electron chi connectivity index (χ1n) is 8.63. The largest absolute Gasteiger partial charge is 0.477 e. The monoisotopic (exact) mass is 360 g/mol. The van der Waals surface area contributed by atoms with Crippen molar-refractivity contribution < 1.29 is 18.3 Å². The number of ether oxygens (including phenoxy) is 1. The predicted octanol–water partition coefficient (Wildman–Crippen LogP) is 2.78. The van der Waals surface area contributed by atoms with Crippen LogP contribution in [0, 0.1) is 5.82 Å². The Morgan fingerprint density at radius 3 is 2.73 bits per heavy atom. The molecule has 0 saturated carbocycles. The van der Waals surface area contributed by atoms with Gasteiger partial charge in [-0.1, -0.05) is 18.6 Å². The molecule has 2 heterocycles. The summed E-state index contributed by atoms with van der Waals surface area (Å²) >= 11 is 0. The maximum atomic E-state index is 13.5. The highest BCUT2D eigenvalue weighted by atomic mass is 19.1. The third-order valence-electron chi connectivity index (χ3n) is 4.19. The number of piperidine rings is 1. The SMILES string of the molecule is O=C(COc1coc(CN2CCCCC2)cc1=O)Nc1ccccc1F. The number of nitrogens with one attached hydrogen (secondary N) is 1. The molecule has 7 heteroatoms. The molecule has 0 atom stereocenters. The molecule has 1 N–H and O–H groups in total. The van der Waals surface area contributed by atoms with E-state index < -0.39 is 18.3 Å². The Morgan fingerprint density at radius 2 is 2.00 bits per heavy atom. The molecule has 0 bridgehead atoms. The smallest absolute Gasteiger partial charge is 0.262 e. The fourth-order valence-electron chi connectivity index (χ4n) is 2.86. The molecular formula is C19H21FN2O4. The second-order valence-corrected chi connectivity index (χ2v) is 6.23. The van der Waals surface area contributed by atoms with E-state index in [9.17, 15) is 14.0 Å². The lowest BCUT2D eigenvalue weighted by molar-refractivity contribution is -0.118. The van der Waals surface area contributed by atoms with Gasteiger partial charge in [0, 0.05) is 6.07 Å². The highest BCUT2D eigenvalue weighted by Gasteiger charge is 2.14. The normalized spacial score (nSPS) is 14.8. The number of carbonyl (C=O) groups is 1. The fraction of sp³-hybridized carbons (Fsp3) is 0.368. The summed E-state index contributed by atoms with van der Waals surface area (Å²) < 4.78 is 24.1. The van der Waals surface area contributed by atoms with Crippen molar-refractivity contribution in [2.45, 2.75) is 25.8 Å². The number of para-hydroxylation sites is 1. The first-order valence-corrected chi connectivity index (χ1v) is 8.63. The summed E-state index contributed by atoms with van der Waals surface area (Å²) in [5, 5.41) is 2.39. The van der Waals surface area contributed by atoms with Crippen LogP contribution >= 0.6 is 0 Å². The summed E-state index contributed by atoms with van der Waals surface area (Å²) in [7, 11) is 0. The minimum Gasteiger partial charge on any atom is -0.477 e. The van der Waals surface area contributed by atoms with Gasteiger partial charge in [-0.15, -0.1) is 0 Å². The summed E-state index contributed by atoms with van der Waals surface area (Å²) in [6, 6.07) is 7.20. The van der Waals surface area contributed by atoms with Crippen LogP contribution in [0.15, 0.2) is 45.8 Å². The van der Waals surface area contributed by atoms with Crippen LogP contribution in [0.5, 0.6) is 5.75 Å². The van der Waals surface area contributed by atoms with Crippen molar-refractivity contribution in [2.24, 2.45) is 0 Å². The third kappa shape index (κ3) is 4.92. The van der Waals surface area contributed by atoms with Crippen molar-refractivity contribution in [1.82, 2.24) is 4.90 Å². The second-order valence-electron chi connectivity index (χ2n) is 6.23. The zero-order valence-corrected chi connectivity index (χ0v) is 14.4. The summed E-state index contributed by atoms with van der Waals surface area (Å²) in [5.41, 5.74) is -0.285. The van der Waals surface area contributed by atoms with Crippen molar-refractivity contribution in [1.29, 1.82) is 0 Å². The van der Waals surface area contributed by atoms with Crippen molar-refractivity contribution >= 4 is 11.6 Å². The van der Waals surface area contributed by atoms with Gasteiger partial charge in [0.1, 0.15) is 17.8 Å². The molecule has 1 amide bonds. The molecule has 2 aromatic rings. The number of halogens is 1. The van der Waals surface area contributed by atoms with Gasteiger partial charge in [-0.3, -0.25) is 14.5 Å². The van der Waals surface area contributed by atoms with Crippen molar-refractivity contribution in [3.05, 3.63) is 58.4 Å². The van der Waals surface area contributed by atoms with Gasteiger partial charge in [0.2, 0.25) is 11.2 Å². The van der Waals surface area contributed by atoms with E-state index in [2.05, 4.69) is 10.2 Å². The fourth-order valence-corrected chi connectivity index (χ4v) is 2.86. The Balaban J connectivity index is 1.54. The molecule has 138 valence electrons. The van der Waals surface area contributed by atoms with Crippen LogP contribution in [0.25, 0.3) is 0 Å². The van der Waals surface area contributed by atoms with Gasteiger partial charge in [-0.05, 0) is 38.1 Å². The van der Waals surface area contributed by atoms with Crippen LogP contribution in [0.4, 0.5) is 10.1 Å². The average molecular weight is 360 g/mol. The van der Waals surface area contributed by atoms with Gasteiger partial charge in [0.15, 0.2) is 6.61 Å². The topological polar surface area (TPSA) is 71.8 Å². The lowest BCUT2D eigenvalue weighted by Gasteiger charge is -2.25. The molecule has 0 spiro atoms. The third-order valence-corrected chi connectivity index (χ3v) is 4.19. The van der Waals surface area contributed by atoms with Crippen LogP contribution in [-0.2, 0) is 11.3 Å². The number of nitrogens with zero attached hydrogens (tertiary/aromatic N) is 1. The van der Waals surface area contributed by atoms with Crippen LogP contribution < -0.4 is 15.5 Å². The number of amides is 1. The molecule has 1 saturated heterocycles. The molecule has 1 aromatic carbocycles. The Hall–Kier alpha value is -2.67. The van der Waals surface area contributed by atoms with Gasteiger partial charge in [0.25, 0.3) is 5.91 Å². The van der Waals surface area contributed by atoms with Crippen LogP contribution in [0.1, 0.15) is 25.0 Å². The number of benzene rings is 1. The molecule has 6 nitrogen and oxygen atoms in total. The summed E-state index contributed by atoms with van der Waals surface area (Å²) in [6.07, 6.45) is 4.77. The molecule has 1 fully saturated rings. The number of hydrogen-bond acceptors (Lipinski definition) is 5.